The van der Waals surface area contributed by atoms with Crippen LogP contribution in [-0.2, 0) is 9.84 Å². The lowest BCUT2D eigenvalue weighted by molar-refractivity contribution is 0.318. The van der Waals surface area contributed by atoms with E-state index in [9.17, 15) is 8.42 Å². The third-order valence-electron chi connectivity index (χ3n) is 2.00. The maximum atomic E-state index is 11.4. The molecule has 0 unspecified atom stereocenters. The van der Waals surface area contributed by atoms with Crippen LogP contribution in [0.1, 0.15) is 12.5 Å². The van der Waals surface area contributed by atoms with E-state index in [1.165, 1.54) is 24.3 Å². The lowest BCUT2D eigenvalue weighted by Crippen LogP contribution is -2.13. The van der Waals surface area contributed by atoms with Gasteiger partial charge in [-0.1, -0.05) is 12.1 Å². The Bertz CT molecular complexity index is 463. The molecule has 0 saturated carbocycles. The molecule has 1 rings (SSSR count). The van der Waals surface area contributed by atoms with E-state index in [2.05, 4.69) is 5.16 Å². The Morgan fingerprint density at radius 2 is 1.93 bits per heavy atom. The molecule has 0 aliphatic heterocycles. The molecule has 0 fully saturated rings. The van der Waals surface area contributed by atoms with Crippen LogP contribution in [0.2, 0.25) is 0 Å². The van der Waals surface area contributed by atoms with Crippen LogP contribution >= 0.6 is 0 Å². The van der Waals surface area contributed by atoms with Crippen LogP contribution in [0.4, 0.5) is 0 Å². The number of benzene rings is 1. The average molecular weight is 228 g/mol. The first-order valence-electron chi connectivity index (χ1n) is 4.32. The van der Waals surface area contributed by atoms with Crippen molar-refractivity contribution in [2.45, 2.75) is 11.8 Å². The van der Waals surface area contributed by atoms with Crippen molar-refractivity contribution in [3.05, 3.63) is 29.8 Å². The average Bonchev–Trinajstić information content (AvgIpc) is 2.28. The molecule has 3 N–H and O–H groups in total. The number of hydrogen-bond acceptors (Lipinski definition) is 4. The molecule has 0 radical (unpaired) electrons. The third-order valence-corrected chi connectivity index (χ3v) is 3.75. The molecule has 0 atom stereocenters. The Kier molecular flexibility index (Phi) is 3.31. The van der Waals surface area contributed by atoms with E-state index in [0.717, 1.165) is 0 Å². The minimum Gasteiger partial charge on any atom is -0.409 e. The van der Waals surface area contributed by atoms with Gasteiger partial charge in [0.05, 0.1) is 10.6 Å². The normalized spacial score (nSPS) is 12.7. The van der Waals surface area contributed by atoms with Crippen LogP contribution in [0.3, 0.4) is 0 Å². The molecule has 6 heteroatoms. The predicted octanol–water partition coefficient (Wildman–Crippen LogP) is 0.575. The molecule has 15 heavy (non-hydrogen) atoms. The van der Waals surface area contributed by atoms with E-state index in [-0.39, 0.29) is 16.5 Å². The molecule has 0 heterocycles. The third kappa shape index (κ3) is 2.47. The zero-order valence-electron chi connectivity index (χ0n) is 8.21. The molecule has 0 aliphatic carbocycles. The van der Waals surface area contributed by atoms with Crippen LogP contribution < -0.4 is 5.73 Å². The van der Waals surface area contributed by atoms with Gasteiger partial charge < -0.3 is 10.9 Å². The Morgan fingerprint density at radius 1 is 1.40 bits per heavy atom. The van der Waals surface area contributed by atoms with Crippen LogP contribution in [0.15, 0.2) is 34.3 Å². The summed E-state index contributed by atoms with van der Waals surface area (Å²) in [6.45, 7) is 1.58. The van der Waals surface area contributed by atoms with E-state index in [1.807, 2.05) is 0 Å². The van der Waals surface area contributed by atoms with E-state index in [0.29, 0.717) is 5.56 Å². The number of sulfone groups is 1. The SMILES string of the molecule is CCS(=O)(=O)c1ccc(/C(N)=N/O)cc1. The van der Waals surface area contributed by atoms with Gasteiger partial charge in [-0.3, -0.25) is 0 Å². The maximum Gasteiger partial charge on any atom is 0.178 e. The van der Waals surface area contributed by atoms with Gasteiger partial charge in [0, 0.05) is 5.56 Å². The Labute approximate surface area is 88.1 Å². The molecular formula is C9H12N2O3S. The molecule has 5 nitrogen and oxygen atoms in total. The highest BCUT2D eigenvalue weighted by Gasteiger charge is 2.11. The fraction of sp³-hybridized carbons (Fsp3) is 0.222. The molecule has 0 aliphatic rings. The first-order valence-corrected chi connectivity index (χ1v) is 5.97. The van der Waals surface area contributed by atoms with Gasteiger partial charge in [-0.25, -0.2) is 8.42 Å². The van der Waals surface area contributed by atoms with Gasteiger partial charge in [0.25, 0.3) is 0 Å². The maximum absolute atomic E-state index is 11.4. The van der Waals surface area contributed by atoms with Crippen molar-refractivity contribution in [2.24, 2.45) is 10.9 Å². The second-order valence-corrected chi connectivity index (χ2v) is 5.19. The van der Waals surface area contributed by atoms with Crippen molar-refractivity contribution in [1.82, 2.24) is 0 Å². The summed E-state index contributed by atoms with van der Waals surface area (Å²) < 4.78 is 22.9. The molecule has 82 valence electrons. The zero-order valence-corrected chi connectivity index (χ0v) is 9.03. The summed E-state index contributed by atoms with van der Waals surface area (Å²) in [6, 6.07) is 5.87. The molecule has 0 amide bonds. The summed E-state index contributed by atoms with van der Waals surface area (Å²) >= 11 is 0. The summed E-state index contributed by atoms with van der Waals surface area (Å²) in [5, 5.41) is 11.2. The highest BCUT2D eigenvalue weighted by Crippen LogP contribution is 2.11. The van der Waals surface area contributed by atoms with Gasteiger partial charge in [0.2, 0.25) is 0 Å². The van der Waals surface area contributed by atoms with Crippen molar-refractivity contribution in [2.75, 3.05) is 5.75 Å². The van der Waals surface area contributed by atoms with Crippen molar-refractivity contribution in [1.29, 1.82) is 0 Å². The number of oxime groups is 1. The molecule has 1 aromatic carbocycles. The Morgan fingerprint density at radius 3 is 2.33 bits per heavy atom. The number of amidine groups is 1. The summed E-state index contributed by atoms with van der Waals surface area (Å²) in [5.41, 5.74) is 5.82. The van der Waals surface area contributed by atoms with E-state index < -0.39 is 9.84 Å². The largest absolute Gasteiger partial charge is 0.409 e. The molecule has 0 spiro atoms. The summed E-state index contributed by atoms with van der Waals surface area (Å²) in [5.74, 6) is 0.00562. The van der Waals surface area contributed by atoms with E-state index in [1.54, 1.807) is 6.92 Å². The highest BCUT2D eigenvalue weighted by atomic mass is 32.2. The van der Waals surface area contributed by atoms with Gasteiger partial charge in [-0.2, -0.15) is 0 Å². The van der Waals surface area contributed by atoms with Gasteiger partial charge in [0.1, 0.15) is 0 Å². The smallest absolute Gasteiger partial charge is 0.178 e. The molecule has 0 saturated heterocycles. The number of rotatable bonds is 3. The number of nitrogens with zero attached hydrogens (tertiary/aromatic N) is 1. The number of nitrogens with two attached hydrogens (primary N) is 1. The molecular weight excluding hydrogens is 216 g/mol. The van der Waals surface area contributed by atoms with Crippen LogP contribution in [0.5, 0.6) is 0 Å². The predicted molar refractivity (Wildman–Crippen MR) is 56.7 cm³/mol. The van der Waals surface area contributed by atoms with Crippen molar-refractivity contribution in [3.63, 3.8) is 0 Å². The van der Waals surface area contributed by atoms with Crippen molar-refractivity contribution in [3.8, 4) is 0 Å². The van der Waals surface area contributed by atoms with Gasteiger partial charge >= 0.3 is 0 Å². The lowest BCUT2D eigenvalue weighted by atomic mass is 10.2. The van der Waals surface area contributed by atoms with Gasteiger partial charge in [-0.05, 0) is 24.3 Å². The van der Waals surface area contributed by atoms with E-state index >= 15 is 0 Å². The molecule has 0 bridgehead atoms. The fourth-order valence-corrected chi connectivity index (χ4v) is 1.94. The second-order valence-electron chi connectivity index (χ2n) is 2.91. The number of hydrogen-bond donors (Lipinski definition) is 2. The van der Waals surface area contributed by atoms with Crippen molar-refractivity contribution < 1.29 is 13.6 Å². The monoisotopic (exact) mass is 228 g/mol. The van der Waals surface area contributed by atoms with Gasteiger partial charge in [-0.15, -0.1) is 0 Å². The first-order chi connectivity index (χ1) is 7.01. The minimum atomic E-state index is -3.19. The van der Waals surface area contributed by atoms with Crippen molar-refractivity contribution >= 4 is 15.7 Å². The molecule has 0 aromatic heterocycles. The fourth-order valence-electron chi connectivity index (χ4n) is 1.06. The quantitative estimate of drug-likeness (QED) is 0.342. The highest BCUT2D eigenvalue weighted by molar-refractivity contribution is 7.91. The van der Waals surface area contributed by atoms with Gasteiger partial charge in [0.15, 0.2) is 15.7 Å². The summed E-state index contributed by atoms with van der Waals surface area (Å²) in [4.78, 5) is 0.236. The van der Waals surface area contributed by atoms with Crippen LogP contribution in [-0.4, -0.2) is 25.2 Å². The zero-order chi connectivity index (χ0) is 11.5. The standard InChI is InChI=1S/C9H12N2O3S/c1-2-15(13,14)8-5-3-7(4-6-8)9(10)11-12/h3-6,12H,2H2,1H3,(H2,10,11). The minimum absolute atomic E-state index is 0.0459. The second kappa shape index (κ2) is 4.31. The Hall–Kier alpha value is -1.56. The Balaban J connectivity index is 3.12. The van der Waals surface area contributed by atoms with Crippen LogP contribution in [0, 0.1) is 0 Å². The molecule has 1 aromatic rings. The first kappa shape index (κ1) is 11.5. The topological polar surface area (TPSA) is 92.8 Å². The summed E-state index contributed by atoms with van der Waals surface area (Å²) in [7, 11) is -3.19. The van der Waals surface area contributed by atoms with E-state index in [4.69, 9.17) is 10.9 Å². The summed E-state index contributed by atoms with van der Waals surface area (Å²) in [6.07, 6.45) is 0. The van der Waals surface area contributed by atoms with Crippen LogP contribution in [0.25, 0.3) is 0 Å². The lowest BCUT2D eigenvalue weighted by Gasteiger charge is -2.02.